The molecule has 6 heteroatoms. The molecule has 4 aromatic rings. The third-order valence-electron chi connectivity index (χ3n) is 5.43. The molecule has 29 heavy (non-hydrogen) atoms. The smallest absolute Gasteiger partial charge is 0.314 e. The van der Waals surface area contributed by atoms with Gasteiger partial charge in [0.15, 0.2) is 0 Å². The molecule has 1 fully saturated rings. The Hall–Kier alpha value is -2.99. The van der Waals surface area contributed by atoms with Crippen molar-refractivity contribution in [2.45, 2.75) is 32.1 Å². The first kappa shape index (κ1) is 18.1. The number of nitrogens with zero attached hydrogens (tertiary/aromatic N) is 1. The van der Waals surface area contributed by atoms with E-state index in [1.165, 1.54) is 24.0 Å². The molecule has 2 aromatic carbocycles. The summed E-state index contributed by atoms with van der Waals surface area (Å²) in [5.41, 5.74) is 1.55. The minimum absolute atomic E-state index is 0.0344. The van der Waals surface area contributed by atoms with Crippen LogP contribution >= 0.6 is 11.3 Å². The molecule has 0 aliphatic heterocycles. The lowest BCUT2D eigenvalue weighted by Gasteiger charge is -2.19. The molecule has 0 radical (unpaired) electrons. The molecule has 5 nitrogen and oxygen atoms in total. The summed E-state index contributed by atoms with van der Waals surface area (Å²) in [6.07, 6.45) is 6.53. The third-order valence-corrected chi connectivity index (χ3v) is 6.50. The molecule has 0 atom stereocenters. The van der Waals surface area contributed by atoms with E-state index in [0.717, 1.165) is 35.9 Å². The number of esters is 1. The van der Waals surface area contributed by atoms with Gasteiger partial charge in [0.25, 0.3) is 0 Å². The van der Waals surface area contributed by atoms with E-state index in [0.29, 0.717) is 27.3 Å². The minimum Gasteiger partial charge on any atom is -0.463 e. The van der Waals surface area contributed by atoms with Gasteiger partial charge in [-0.1, -0.05) is 31.4 Å². The Bertz CT molecular complexity index is 1230. The van der Waals surface area contributed by atoms with E-state index in [-0.39, 0.29) is 17.3 Å². The Kier molecular flexibility index (Phi) is 4.64. The van der Waals surface area contributed by atoms with Crippen molar-refractivity contribution in [1.29, 1.82) is 0 Å². The van der Waals surface area contributed by atoms with Crippen molar-refractivity contribution in [3.05, 3.63) is 59.0 Å². The van der Waals surface area contributed by atoms with Crippen LogP contribution in [0.3, 0.4) is 0 Å². The molecule has 146 valence electrons. The van der Waals surface area contributed by atoms with Gasteiger partial charge in [-0.05, 0) is 37.1 Å². The molecule has 1 aliphatic carbocycles. The first-order valence-electron chi connectivity index (χ1n) is 9.82. The van der Waals surface area contributed by atoms with Gasteiger partial charge in [0.2, 0.25) is 5.43 Å². The number of carbonyl (C=O) groups is 1. The monoisotopic (exact) mass is 405 g/mol. The Morgan fingerprint density at radius 3 is 2.76 bits per heavy atom. The molecule has 1 saturated carbocycles. The van der Waals surface area contributed by atoms with Gasteiger partial charge in [-0.3, -0.25) is 9.59 Å². The lowest BCUT2D eigenvalue weighted by atomic mass is 9.89. The SMILES string of the molecule is O=C(Oc1ccc2c(=O)c(-c3nc4ccccc4s3)coc2c1)C1CCCCC1. The van der Waals surface area contributed by atoms with Gasteiger partial charge < -0.3 is 9.15 Å². The lowest BCUT2D eigenvalue weighted by Crippen LogP contribution is -2.22. The Balaban J connectivity index is 1.46. The normalized spacial score (nSPS) is 15.0. The average molecular weight is 405 g/mol. The second-order valence-electron chi connectivity index (χ2n) is 7.38. The lowest BCUT2D eigenvalue weighted by molar-refractivity contribution is -0.139. The number of para-hydroxylation sites is 1. The summed E-state index contributed by atoms with van der Waals surface area (Å²) in [7, 11) is 0. The van der Waals surface area contributed by atoms with Gasteiger partial charge in [-0.15, -0.1) is 11.3 Å². The van der Waals surface area contributed by atoms with Gasteiger partial charge in [0.05, 0.1) is 27.1 Å². The maximum absolute atomic E-state index is 13.0. The van der Waals surface area contributed by atoms with Crippen LogP contribution in [0, 0.1) is 5.92 Å². The minimum atomic E-state index is -0.197. The maximum Gasteiger partial charge on any atom is 0.314 e. The predicted octanol–water partition coefficient (Wildman–Crippen LogP) is 5.56. The molecule has 0 unspecified atom stereocenters. The Morgan fingerprint density at radius 2 is 1.93 bits per heavy atom. The van der Waals surface area contributed by atoms with Crippen molar-refractivity contribution in [2.24, 2.45) is 5.92 Å². The van der Waals surface area contributed by atoms with E-state index >= 15 is 0 Å². The molecule has 0 N–H and O–H groups in total. The Morgan fingerprint density at radius 1 is 1.10 bits per heavy atom. The van der Waals surface area contributed by atoms with E-state index < -0.39 is 0 Å². The van der Waals surface area contributed by atoms with Crippen molar-refractivity contribution in [2.75, 3.05) is 0 Å². The number of ether oxygens (including phenoxy) is 1. The molecule has 5 rings (SSSR count). The fourth-order valence-corrected chi connectivity index (χ4v) is 4.81. The number of rotatable bonds is 3. The summed E-state index contributed by atoms with van der Waals surface area (Å²) in [5.74, 6) is 0.175. The molecule has 0 bridgehead atoms. The molecule has 0 saturated heterocycles. The van der Waals surface area contributed by atoms with Crippen molar-refractivity contribution < 1.29 is 13.9 Å². The number of hydrogen-bond acceptors (Lipinski definition) is 6. The topological polar surface area (TPSA) is 69.4 Å². The molecule has 0 spiro atoms. The average Bonchev–Trinajstić information content (AvgIpc) is 3.18. The standard InChI is InChI=1S/C23H19NO4S/c25-21-16-11-10-15(28-23(26)14-6-2-1-3-7-14)12-19(16)27-13-17(21)22-24-18-8-4-5-9-20(18)29-22/h4-5,8-14H,1-3,6-7H2. The van der Waals surface area contributed by atoms with E-state index in [9.17, 15) is 9.59 Å². The van der Waals surface area contributed by atoms with Gasteiger partial charge >= 0.3 is 5.97 Å². The van der Waals surface area contributed by atoms with Gasteiger partial charge in [0.1, 0.15) is 22.6 Å². The fraction of sp³-hybridized carbons (Fsp3) is 0.261. The molecular weight excluding hydrogens is 386 g/mol. The summed E-state index contributed by atoms with van der Waals surface area (Å²) >= 11 is 1.46. The maximum atomic E-state index is 13.0. The number of thiazole rings is 1. The highest BCUT2D eigenvalue weighted by Gasteiger charge is 2.23. The summed E-state index contributed by atoms with van der Waals surface area (Å²) in [6, 6.07) is 12.7. The van der Waals surface area contributed by atoms with Crippen LogP contribution in [0.1, 0.15) is 32.1 Å². The van der Waals surface area contributed by atoms with E-state index in [1.54, 1.807) is 18.2 Å². The summed E-state index contributed by atoms with van der Waals surface area (Å²) in [4.78, 5) is 29.9. The quantitative estimate of drug-likeness (QED) is 0.330. The largest absolute Gasteiger partial charge is 0.463 e. The second kappa shape index (κ2) is 7.44. The van der Waals surface area contributed by atoms with Crippen molar-refractivity contribution >= 4 is 38.5 Å². The van der Waals surface area contributed by atoms with Crippen LogP contribution in [0.25, 0.3) is 31.8 Å². The summed E-state index contributed by atoms with van der Waals surface area (Å²) in [5, 5.41) is 1.08. The fourth-order valence-electron chi connectivity index (χ4n) is 3.84. The highest BCUT2D eigenvalue weighted by atomic mass is 32.1. The third kappa shape index (κ3) is 3.44. The zero-order valence-corrected chi connectivity index (χ0v) is 16.5. The van der Waals surface area contributed by atoms with Crippen molar-refractivity contribution in [1.82, 2.24) is 4.98 Å². The van der Waals surface area contributed by atoms with E-state index in [2.05, 4.69) is 4.98 Å². The molecule has 0 amide bonds. The molecule has 2 heterocycles. The van der Waals surface area contributed by atoms with Crippen LogP contribution in [0.5, 0.6) is 5.75 Å². The van der Waals surface area contributed by atoms with Crippen LogP contribution in [-0.4, -0.2) is 11.0 Å². The first-order chi connectivity index (χ1) is 14.2. The summed E-state index contributed by atoms with van der Waals surface area (Å²) < 4.78 is 12.3. The van der Waals surface area contributed by atoms with Crippen molar-refractivity contribution in [3.8, 4) is 16.3 Å². The van der Waals surface area contributed by atoms with Crippen LogP contribution in [-0.2, 0) is 4.79 Å². The van der Waals surface area contributed by atoms with E-state index in [1.807, 2.05) is 24.3 Å². The van der Waals surface area contributed by atoms with Gasteiger partial charge in [-0.25, -0.2) is 4.98 Å². The molecular formula is C23H19NO4S. The van der Waals surface area contributed by atoms with Gasteiger partial charge in [0, 0.05) is 6.07 Å². The number of hydrogen-bond donors (Lipinski definition) is 0. The first-order valence-corrected chi connectivity index (χ1v) is 10.6. The van der Waals surface area contributed by atoms with Crippen LogP contribution in [0.2, 0.25) is 0 Å². The molecule has 1 aliphatic rings. The van der Waals surface area contributed by atoms with Crippen LogP contribution in [0.15, 0.2) is 57.9 Å². The zero-order chi connectivity index (χ0) is 19.8. The number of aromatic nitrogens is 1. The Labute approximate surface area is 171 Å². The van der Waals surface area contributed by atoms with Crippen LogP contribution < -0.4 is 10.2 Å². The molecule has 2 aromatic heterocycles. The number of fused-ring (bicyclic) bond motifs is 2. The highest BCUT2D eigenvalue weighted by Crippen LogP contribution is 2.30. The van der Waals surface area contributed by atoms with Crippen LogP contribution in [0.4, 0.5) is 0 Å². The number of carbonyl (C=O) groups excluding carboxylic acids is 1. The second-order valence-corrected chi connectivity index (χ2v) is 8.41. The highest BCUT2D eigenvalue weighted by molar-refractivity contribution is 7.21. The van der Waals surface area contributed by atoms with E-state index in [4.69, 9.17) is 9.15 Å². The summed E-state index contributed by atoms with van der Waals surface area (Å²) in [6.45, 7) is 0. The van der Waals surface area contributed by atoms with Gasteiger partial charge in [-0.2, -0.15) is 0 Å². The zero-order valence-electron chi connectivity index (χ0n) is 15.7. The van der Waals surface area contributed by atoms with Crippen molar-refractivity contribution in [3.63, 3.8) is 0 Å². The number of benzene rings is 2. The predicted molar refractivity (Wildman–Crippen MR) is 113 cm³/mol.